The Hall–Kier alpha value is -0.420. The van der Waals surface area contributed by atoms with Gasteiger partial charge in [0.15, 0.2) is 0 Å². The van der Waals surface area contributed by atoms with E-state index in [1.807, 2.05) is 6.92 Å². The van der Waals surface area contributed by atoms with E-state index >= 15 is 0 Å². The van der Waals surface area contributed by atoms with Gasteiger partial charge in [0.05, 0.1) is 6.61 Å². The second kappa shape index (κ2) is 6.10. The SMILES string of the molecule is CCCCC(C=O)S(=O)(=O)OCC. The van der Waals surface area contributed by atoms with Crippen molar-refractivity contribution in [2.24, 2.45) is 0 Å². The lowest BCUT2D eigenvalue weighted by molar-refractivity contribution is -0.107. The zero-order valence-electron chi connectivity index (χ0n) is 8.02. The highest BCUT2D eigenvalue weighted by atomic mass is 32.2. The average molecular weight is 208 g/mol. The van der Waals surface area contributed by atoms with Crippen molar-refractivity contribution in [3.8, 4) is 0 Å². The molecule has 0 N–H and O–H groups in total. The molecule has 0 aliphatic carbocycles. The number of rotatable bonds is 7. The molecule has 0 rings (SSSR count). The third-order valence-electron chi connectivity index (χ3n) is 1.65. The lowest BCUT2D eigenvalue weighted by Gasteiger charge is -2.09. The van der Waals surface area contributed by atoms with Crippen LogP contribution in [0.4, 0.5) is 0 Å². The Morgan fingerprint density at radius 2 is 2.00 bits per heavy atom. The maximum Gasteiger partial charge on any atom is 0.277 e. The van der Waals surface area contributed by atoms with Crippen molar-refractivity contribution in [1.29, 1.82) is 0 Å². The largest absolute Gasteiger partial charge is 0.302 e. The number of hydrogen-bond acceptors (Lipinski definition) is 4. The molecule has 0 spiro atoms. The molecule has 0 amide bonds. The Balaban J connectivity index is 4.29. The van der Waals surface area contributed by atoms with Crippen LogP contribution in [-0.4, -0.2) is 26.6 Å². The van der Waals surface area contributed by atoms with Crippen LogP contribution in [0.15, 0.2) is 0 Å². The summed E-state index contributed by atoms with van der Waals surface area (Å²) in [6, 6.07) is 0. The van der Waals surface area contributed by atoms with E-state index in [2.05, 4.69) is 4.18 Å². The van der Waals surface area contributed by atoms with E-state index in [0.29, 0.717) is 12.7 Å². The number of carbonyl (C=O) groups is 1. The summed E-state index contributed by atoms with van der Waals surface area (Å²) >= 11 is 0. The maximum atomic E-state index is 11.2. The Morgan fingerprint density at radius 1 is 1.38 bits per heavy atom. The molecule has 1 atom stereocenters. The predicted molar refractivity (Wildman–Crippen MR) is 49.9 cm³/mol. The Kier molecular flexibility index (Phi) is 5.90. The summed E-state index contributed by atoms with van der Waals surface area (Å²) in [5.41, 5.74) is 0. The molecular formula is C8H16O4S. The van der Waals surface area contributed by atoms with E-state index in [1.54, 1.807) is 6.92 Å². The highest BCUT2D eigenvalue weighted by molar-refractivity contribution is 7.88. The molecular weight excluding hydrogens is 192 g/mol. The zero-order valence-corrected chi connectivity index (χ0v) is 8.84. The fourth-order valence-corrected chi connectivity index (χ4v) is 2.03. The Bertz CT molecular complexity index is 233. The summed E-state index contributed by atoms with van der Waals surface area (Å²) in [6.45, 7) is 3.60. The first-order chi connectivity index (χ1) is 6.08. The van der Waals surface area contributed by atoms with Gasteiger partial charge in [-0.25, -0.2) is 0 Å². The van der Waals surface area contributed by atoms with Gasteiger partial charge in [0.1, 0.15) is 11.5 Å². The fraction of sp³-hybridized carbons (Fsp3) is 0.875. The molecule has 0 aromatic rings. The molecule has 1 unspecified atom stereocenters. The van der Waals surface area contributed by atoms with Gasteiger partial charge in [-0.05, 0) is 13.3 Å². The van der Waals surface area contributed by atoms with Gasteiger partial charge in [-0.2, -0.15) is 8.42 Å². The smallest absolute Gasteiger partial charge is 0.277 e. The molecule has 0 aliphatic rings. The van der Waals surface area contributed by atoms with E-state index in [0.717, 1.165) is 12.8 Å². The third-order valence-corrected chi connectivity index (χ3v) is 3.30. The molecule has 0 saturated carbocycles. The van der Waals surface area contributed by atoms with Crippen LogP contribution in [0.3, 0.4) is 0 Å². The minimum absolute atomic E-state index is 0.0821. The molecule has 5 heteroatoms. The molecule has 0 aromatic heterocycles. The molecule has 0 radical (unpaired) electrons. The molecule has 0 aromatic carbocycles. The summed E-state index contributed by atoms with van der Waals surface area (Å²) in [4.78, 5) is 10.5. The molecule has 13 heavy (non-hydrogen) atoms. The van der Waals surface area contributed by atoms with Gasteiger partial charge in [-0.3, -0.25) is 4.18 Å². The lowest BCUT2D eigenvalue weighted by Crippen LogP contribution is -2.24. The normalized spacial score (nSPS) is 14.0. The van der Waals surface area contributed by atoms with E-state index in [9.17, 15) is 13.2 Å². The quantitative estimate of drug-likeness (QED) is 0.464. The van der Waals surface area contributed by atoms with Crippen molar-refractivity contribution in [3.05, 3.63) is 0 Å². The molecule has 0 bridgehead atoms. The standard InChI is InChI=1S/C8H16O4S/c1-3-5-6-8(7-9)13(10,11)12-4-2/h7-8H,3-6H2,1-2H3. The lowest BCUT2D eigenvalue weighted by atomic mass is 10.2. The van der Waals surface area contributed by atoms with Crippen LogP contribution in [0.1, 0.15) is 33.1 Å². The van der Waals surface area contributed by atoms with Crippen molar-refractivity contribution in [3.63, 3.8) is 0 Å². The summed E-state index contributed by atoms with van der Waals surface area (Å²) in [6.07, 6.45) is 2.38. The molecule has 0 heterocycles. The average Bonchev–Trinajstić information content (AvgIpc) is 2.05. The van der Waals surface area contributed by atoms with Crippen LogP contribution in [0.5, 0.6) is 0 Å². The summed E-state index contributed by atoms with van der Waals surface area (Å²) in [5.74, 6) is 0. The van der Waals surface area contributed by atoms with Crippen molar-refractivity contribution in [2.75, 3.05) is 6.61 Å². The van der Waals surface area contributed by atoms with E-state index in [1.165, 1.54) is 0 Å². The zero-order chi connectivity index (χ0) is 10.3. The highest BCUT2D eigenvalue weighted by Crippen LogP contribution is 2.10. The molecule has 4 nitrogen and oxygen atoms in total. The molecule has 0 saturated heterocycles. The van der Waals surface area contributed by atoms with Gasteiger partial charge < -0.3 is 4.79 Å². The van der Waals surface area contributed by atoms with Gasteiger partial charge in [0, 0.05) is 0 Å². The number of aldehydes is 1. The highest BCUT2D eigenvalue weighted by Gasteiger charge is 2.24. The maximum absolute atomic E-state index is 11.2. The van der Waals surface area contributed by atoms with Gasteiger partial charge >= 0.3 is 0 Å². The van der Waals surface area contributed by atoms with Gasteiger partial charge in [-0.1, -0.05) is 19.8 Å². The number of unbranched alkanes of at least 4 members (excludes halogenated alkanes) is 1. The van der Waals surface area contributed by atoms with Gasteiger partial charge in [0.2, 0.25) is 0 Å². The van der Waals surface area contributed by atoms with E-state index < -0.39 is 15.4 Å². The van der Waals surface area contributed by atoms with Crippen LogP contribution >= 0.6 is 0 Å². The summed E-state index contributed by atoms with van der Waals surface area (Å²) in [7, 11) is -3.66. The third kappa shape index (κ3) is 4.38. The predicted octanol–water partition coefficient (Wildman–Crippen LogP) is 1.11. The minimum atomic E-state index is -3.66. The summed E-state index contributed by atoms with van der Waals surface area (Å²) in [5, 5.41) is -0.993. The number of hydrogen-bond donors (Lipinski definition) is 0. The van der Waals surface area contributed by atoms with E-state index in [-0.39, 0.29) is 6.61 Å². The first kappa shape index (κ1) is 12.6. The van der Waals surface area contributed by atoms with Crippen molar-refractivity contribution in [2.45, 2.75) is 38.4 Å². The van der Waals surface area contributed by atoms with Crippen LogP contribution in [0.25, 0.3) is 0 Å². The van der Waals surface area contributed by atoms with Crippen LogP contribution in [0, 0.1) is 0 Å². The fourth-order valence-electron chi connectivity index (χ4n) is 0.937. The molecule has 0 aliphatic heterocycles. The van der Waals surface area contributed by atoms with E-state index in [4.69, 9.17) is 0 Å². The monoisotopic (exact) mass is 208 g/mol. The Labute approximate surface area is 79.4 Å². The first-order valence-corrected chi connectivity index (χ1v) is 5.89. The van der Waals surface area contributed by atoms with Crippen LogP contribution in [0.2, 0.25) is 0 Å². The molecule has 78 valence electrons. The first-order valence-electron chi connectivity index (χ1n) is 4.42. The van der Waals surface area contributed by atoms with Crippen LogP contribution < -0.4 is 0 Å². The van der Waals surface area contributed by atoms with Crippen molar-refractivity contribution < 1.29 is 17.4 Å². The Morgan fingerprint density at radius 3 is 2.38 bits per heavy atom. The van der Waals surface area contributed by atoms with Gasteiger partial charge in [0.25, 0.3) is 10.1 Å². The van der Waals surface area contributed by atoms with Gasteiger partial charge in [-0.15, -0.1) is 0 Å². The summed E-state index contributed by atoms with van der Waals surface area (Å²) < 4.78 is 26.9. The van der Waals surface area contributed by atoms with Crippen molar-refractivity contribution in [1.82, 2.24) is 0 Å². The molecule has 0 fully saturated rings. The van der Waals surface area contributed by atoms with Crippen LogP contribution in [-0.2, 0) is 19.1 Å². The second-order valence-corrected chi connectivity index (χ2v) is 4.54. The second-order valence-electron chi connectivity index (χ2n) is 2.72. The minimum Gasteiger partial charge on any atom is -0.302 e. The topological polar surface area (TPSA) is 60.4 Å². The number of carbonyl (C=O) groups excluding carboxylic acids is 1. The van der Waals surface area contributed by atoms with Crippen molar-refractivity contribution >= 4 is 16.4 Å².